The van der Waals surface area contributed by atoms with Crippen molar-refractivity contribution in [3.8, 4) is 0 Å². The van der Waals surface area contributed by atoms with Gasteiger partial charge in [-0.1, -0.05) is 0 Å². The third kappa shape index (κ3) is 2.55. The van der Waals surface area contributed by atoms with Gasteiger partial charge in [0.05, 0.1) is 11.6 Å². The van der Waals surface area contributed by atoms with Crippen LogP contribution in [0.25, 0.3) is 0 Å². The summed E-state index contributed by atoms with van der Waals surface area (Å²) in [4.78, 5) is 21.9. The van der Waals surface area contributed by atoms with E-state index in [0.717, 1.165) is 5.69 Å². The smallest absolute Gasteiger partial charge is 0.335 e. The molecule has 1 aliphatic heterocycles. The number of aromatic carboxylic acids is 1. The third-order valence-electron chi connectivity index (χ3n) is 2.81. The Morgan fingerprint density at radius 2 is 2.29 bits per heavy atom. The van der Waals surface area contributed by atoms with Crippen molar-refractivity contribution in [1.29, 1.82) is 0 Å². The topological polar surface area (TPSA) is 78.4 Å². The van der Waals surface area contributed by atoms with E-state index in [1.165, 1.54) is 0 Å². The second kappa shape index (κ2) is 4.45. The first-order chi connectivity index (χ1) is 8.06. The lowest BCUT2D eigenvalue weighted by Crippen LogP contribution is -2.22. The third-order valence-corrected chi connectivity index (χ3v) is 2.81. The molecule has 1 amide bonds. The van der Waals surface area contributed by atoms with Gasteiger partial charge >= 0.3 is 5.97 Å². The molecule has 2 rings (SSSR count). The number of carboxylic acids is 1. The van der Waals surface area contributed by atoms with Crippen LogP contribution < -0.4 is 10.6 Å². The van der Waals surface area contributed by atoms with Crippen molar-refractivity contribution < 1.29 is 14.7 Å². The minimum Gasteiger partial charge on any atom is -0.478 e. The molecule has 0 radical (unpaired) electrons. The average Bonchev–Trinajstić information content (AvgIpc) is 2.63. The minimum absolute atomic E-state index is 0.0429. The molecule has 0 aliphatic carbocycles. The second-order valence-corrected chi connectivity index (χ2v) is 4.18. The highest BCUT2D eigenvalue weighted by Gasteiger charge is 2.21. The van der Waals surface area contributed by atoms with Gasteiger partial charge in [-0.3, -0.25) is 4.79 Å². The zero-order chi connectivity index (χ0) is 12.4. The van der Waals surface area contributed by atoms with Gasteiger partial charge in [0, 0.05) is 18.7 Å². The molecule has 1 heterocycles. The van der Waals surface area contributed by atoms with Crippen molar-refractivity contribution in [2.24, 2.45) is 0 Å². The molecule has 5 heteroatoms. The molecule has 1 saturated heterocycles. The quantitative estimate of drug-likeness (QED) is 0.729. The number of carboxylic acid groups (broad SMARTS) is 1. The summed E-state index contributed by atoms with van der Waals surface area (Å²) in [5, 5.41) is 14.8. The molecule has 1 aromatic carbocycles. The molecule has 5 nitrogen and oxygen atoms in total. The van der Waals surface area contributed by atoms with E-state index in [-0.39, 0.29) is 11.9 Å². The van der Waals surface area contributed by atoms with E-state index in [9.17, 15) is 9.59 Å². The first-order valence-electron chi connectivity index (χ1n) is 5.43. The molecule has 1 atom stereocenters. The standard InChI is InChI=1S/C12H14N2O3/c1-7-4-8(2-3-10(7)12(16)17)14-9-5-11(15)13-6-9/h2-4,9,14H,5-6H2,1H3,(H,13,15)(H,16,17). The number of benzene rings is 1. The van der Waals surface area contributed by atoms with Crippen LogP contribution in [-0.2, 0) is 4.79 Å². The first-order valence-corrected chi connectivity index (χ1v) is 5.43. The Hall–Kier alpha value is -2.04. The minimum atomic E-state index is -0.924. The van der Waals surface area contributed by atoms with E-state index in [1.54, 1.807) is 25.1 Å². The molecule has 0 spiro atoms. The molecule has 1 fully saturated rings. The second-order valence-electron chi connectivity index (χ2n) is 4.18. The fourth-order valence-electron chi connectivity index (χ4n) is 1.94. The van der Waals surface area contributed by atoms with Gasteiger partial charge in [0.2, 0.25) is 5.91 Å². The molecule has 17 heavy (non-hydrogen) atoms. The predicted octanol–water partition coefficient (Wildman–Crippen LogP) is 0.994. The monoisotopic (exact) mass is 234 g/mol. The highest BCUT2D eigenvalue weighted by atomic mass is 16.4. The normalized spacial score (nSPS) is 18.9. The molecule has 3 N–H and O–H groups in total. The molecule has 90 valence electrons. The van der Waals surface area contributed by atoms with Crippen LogP contribution in [0.15, 0.2) is 18.2 Å². The molecule has 1 aliphatic rings. The molecule has 1 unspecified atom stereocenters. The number of nitrogens with one attached hydrogen (secondary N) is 2. The SMILES string of the molecule is Cc1cc(NC2CNC(=O)C2)ccc1C(=O)O. The maximum Gasteiger partial charge on any atom is 0.335 e. The van der Waals surface area contributed by atoms with E-state index in [1.807, 2.05) is 0 Å². The van der Waals surface area contributed by atoms with E-state index in [2.05, 4.69) is 10.6 Å². The Bertz CT molecular complexity index is 471. The Morgan fingerprint density at radius 1 is 1.53 bits per heavy atom. The summed E-state index contributed by atoms with van der Waals surface area (Å²) < 4.78 is 0. The van der Waals surface area contributed by atoms with E-state index < -0.39 is 5.97 Å². The van der Waals surface area contributed by atoms with Crippen LogP contribution in [-0.4, -0.2) is 29.6 Å². The lowest BCUT2D eigenvalue weighted by Gasteiger charge is -2.13. The van der Waals surface area contributed by atoms with Gasteiger partial charge in [0.15, 0.2) is 0 Å². The lowest BCUT2D eigenvalue weighted by atomic mass is 10.1. The van der Waals surface area contributed by atoms with Crippen molar-refractivity contribution >= 4 is 17.6 Å². The largest absolute Gasteiger partial charge is 0.478 e. The van der Waals surface area contributed by atoms with E-state index >= 15 is 0 Å². The van der Waals surface area contributed by atoms with Crippen LogP contribution in [0.4, 0.5) is 5.69 Å². The molecule has 1 aromatic rings. The highest BCUT2D eigenvalue weighted by molar-refractivity contribution is 5.90. The van der Waals surface area contributed by atoms with Crippen LogP contribution in [0.2, 0.25) is 0 Å². The highest BCUT2D eigenvalue weighted by Crippen LogP contribution is 2.17. The maximum atomic E-state index is 11.0. The summed E-state index contributed by atoms with van der Waals surface area (Å²) >= 11 is 0. The lowest BCUT2D eigenvalue weighted by molar-refractivity contribution is -0.119. The first kappa shape index (κ1) is 11.4. The fraction of sp³-hybridized carbons (Fsp3) is 0.333. The predicted molar refractivity (Wildman–Crippen MR) is 63.2 cm³/mol. The summed E-state index contributed by atoms with van der Waals surface area (Å²) in [5.74, 6) is -0.881. The van der Waals surface area contributed by atoms with Crippen LogP contribution in [0.1, 0.15) is 22.3 Å². The number of carbonyl (C=O) groups is 2. The molecular weight excluding hydrogens is 220 g/mol. The summed E-state index contributed by atoms with van der Waals surface area (Å²) in [5.41, 5.74) is 1.85. The summed E-state index contributed by atoms with van der Waals surface area (Å²) in [6.45, 7) is 2.37. The molecule has 0 saturated carbocycles. The molecule has 0 bridgehead atoms. The maximum absolute atomic E-state index is 11.0. The fourth-order valence-corrected chi connectivity index (χ4v) is 1.94. The van der Waals surface area contributed by atoms with Gasteiger partial charge in [-0.15, -0.1) is 0 Å². The van der Waals surface area contributed by atoms with Crippen LogP contribution in [0.5, 0.6) is 0 Å². The van der Waals surface area contributed by atoms with E-state index in [4.69, 9.17) is 5.11 Å². The summed E-state index contributed by atoms with van der Waals surface area (Å²) in [6.07, 6.45) is 0.458. The van der Waals surface area contributed by atoms with Gasteiger partial charge in [0.25, 0.3) is 0 Å². The van der Waals surface area contributed by atoms with Gasteiger partial charge in [0.1, 0.15) is 0 Å². The van der Waals surface area contributed by atoms with Crippen LogP contribution >= 0.6 is 0 Å². The number of carbonyl (C=O) groups excluding carboxylic acids is 1. The van der Waals surface area contributed by atoms with Crippen molar-refractivity contribution in [1.82, 2.24) is 5.32 Å². The number of hydrogen-bond acceptors (Lipinski definition) is 3. The number of anilines is 1. The van der Waals surface area contributed by atoms with Gasteiger partial charge in [-0.25, -0.2) is 4.79 Å². The Morgan fingerprint density at radius 3 is 2.82 bits per heavy atom. The van der Waals surface area contributed by atoms with Gasteiger partial charge < -0.3 is 15.7 Å². The number of aryl methyl sites for hydroxylation is 1. The Labute approximate surface area is 98.8 Å². The average molecular weight is 234 g/mol. The Balaban J connectivity index is 2.10. The van der Waals surface area contributed by atoms with Crippen molar-refractivity contribution in [2.45, 2.75) is 19.4 Å². The van der Waals surface area contributed by atoms with Gasteiger partial charge in [-0.05, 0) is 30.7 Å². The zero-order valence-electron chi connectivity index (χ0n) is 9.49. The van der Waals surface area contributed by atoms with Crippen LogP contribution in [0.3, 0.4) is 0 Å². The van der Waals surface area contributed by atoms with Crippen molar-refractivity contribution in [3.05, 3.63) is 29.3 Å². The number of hydrogen-bond donors (Lipinski definition) is 3. The van der Waals surface area contributed by atoms with Gasteiger partial charge in [-0.2, -0.15) is 0 Å². The van der Waals surface area contributed by atoms with E-state index in [0.29, 0.717) is 24.1 Å². The molecular formula is C12H14N2O3. The zero-order valence-corrected chi connectivity index (χ0v) is 9.49. The summed E-state index contributed by atoms with van der Waals surface area (Å²) in [7, 11) is 0. The molecule has 0 aromatic heterocycles. The van der Waals surface area contributed by atoms with Crippen LogP contribution in [0, 0.1) is 6.92 Å². The summed E-state index contributed by atoms with van der Waals surface area (Å²) in [6, 6.07) is 5.16. The van der Waals surface area contributed by atoms with Crippen molar-refractivity contribution in [3.63, 3.8) is 0 Å². The van der Waals surface area contributed by atoms with Crippen molar-refractivity contribution in [2.75, 3.05) is 11.9 Å². The number of amides is 1. The number of rotatable bonds is 3. The Kier molecular flexibility index (Phi) is 2.99.